The van der Waals surface area contributed by atoms with Crippen LogP contribution in [0.4, 0.5) is 0 Å². The van der Waals surface area contributed by atoms with Gasteiger partial charge in [0.25, 0.3) is 5.91 Å². The second-order valence-electron chi connectivity index (χ2n) is 3.42. The lowest BCUT2D eigenvalue weighted by Crippen LogP contribution is -2.28. The summed E-state index contributed by atoms with van der Waals surface area (Å²) in [7, 11) is 0. The zero-order valence-corrected chi connectivity index (χ0v) is 8.68. The smallest absolute Gasteiger partial charge is 0.277 e. The fraction of sp³-hybridized carbons (Fsp3) is 0.300. The van der Waals surface area contributed by atoms with Gasteiger partial charge in [-0.2, -0.15) is 9.83 Å². The van der Waals surface area contributed by atoms with E-state index in [0.717, 1.165) is 0 Å². The van der Waals surface area contributed by atoms with E-state index in [4.69, 9.17) is 0 Å². The maximum absolute atomic E-state index is 11.4. The minimum absolute atomic E-state index is 0.269. The van der Waals surface area contributed by atoms with Crippen molar-refractivity contribution < 1.29 is 9.52 Å². The third kappa shape index (κ3) is 3.76. The first-order valence-corrected chi connectivity index (χ1v) is 4.62. The van der Waals surface area contributed by atoms with E-state index >= 15 is 0 Å². The van der Waals surface area contributed by atoms with Crippen LogP contribution in [-0.4, -0.2) is 12.1 Å². The standard InChI is InChI=1S/C10H13N3O2/c1-8(2)6-11-12-10(14)9-4-3-5-13(15)7-9/h3-8H,1-2H3,(H,12,14)/b11-6-. The Hall–Kier alpha value is -1.91. The molecule has 1 rings (SSSR count). The van der Waals surface area contributed by atoms with Gasteiger partial charge in [-0.3, -0.25) is 4.79 Å². The zero-order valence-electron chi connectivity index (χ0n) is 8.68. The van der Waals surface area contributed by atoms with Crippen molar-refractivity contribution in [3.05, 3.63) is 35.3 Å². The second kappa shape index (κ2) is 5.09. The summed E-state index contributed by atoms with van der Waals surface area (Å²) in [4.78, 5) is 11.4. The Morgan fingerprint density at radius 2 is 2.40 bits per heavy atom. The molecule has 0 atom stereocenters. The summed E-state index contributed by atoms with van der Waals surface area (Å²) < 4.78 is 0.571. The van der Waals surface area contributed by atoms with Crippen LogP contribution in [0.15, 0.2) is 29.6 Å². The number of hydrazone groups is 1. The largest absolute Gasteiger partial charge is 0.619 e. The number of carbonyl (C=O) groups excluding carboxylic acids is 1. The number of hydrogen-bond donors (Lipinski definition) is 1. The van der Waals surface area contributed by atoms with Gasteiger partial charge in [-0.1, -0.05) is 13.8 Å². The Morgan fingerprint density at radius 1 is 1.67 bits per heavy atom. The molecule has 0 aromatic carbocycles. The van der Waals surface area contributed by atoms with Crippen molar-refractivity contribution in [1.82, 2.24) is 5.43 Å². The molecular formula is C10H13N3O2. The van der Waals surface area contributed by atoms with Gasteiger partial charge in [0.05, 0.1) is 0 Å². The number of amides is 1. The van der Waals surface area contributed by atoms with E-state index in [1.54, 1.807) is 12.3 Å². The van der Waals surface area contributed by atoms with Gasteiger partial charge in [-0.05, 0) is 12.0 Å². The molecule has 0 saturated heterocycles. The van der Waals surface area contributed by atoms with E-state index < -0.39 is 5.91 Å². The van der Waals surface area contributed by atoms with E-state index in [0.29, 0.717) is 4.73 Å². The molecule has 1 aromatic heterocycles. The summed E-state index contributed by atoms with van der Waals surface area (Å²) in [5.74, 6) is -0.123. The normalized spacial score (nSPS) is 10.9. The summed E-state index contributed by atoms with van der Waals surface area (Å²) in [5.41, 5.74) is 2.62. The van der Waals surface area contributed by atoms with Crippen molar-refractivity contribution in [3.8, 4) is 0 Å². The van der Waals surface area contributed by atoms with Gasteiger partial charge in [-0.25, -0.2) is 5.43 Å². The van der Waals surface area contributed by atoms with Crippen LogP contribution in [0, 0.1) is 11.1 Å². The van der Waals surface area contributed by atoms with Crippen molar-refractivity contribution in [2.24, 2.45) is 11.0 Å². The average Bonchev–Trinajstić information content (AvgIpc) is 2.17. The Bertz CT molecular complexity index is 375. The molecule has 1 amide bonds. The molecule has 0 aliphatic rings. The molecule has 0 aliphatic carbocycles. The highest BCUT2D eigenvalue weighted by Crippen LogP contribution is 1.93. The van der Waals surface area contributed by atoms with Crippen molar-refractivity contribution in [1.29, 1.82) is 0 Å². The zero-order chi connectivity index (χ0) is 11.3. The van der Waals surface area contributed by atoms with Gasteiger partial charge < -0.3 is 5.21 Å². The van der Waals surface area contributed by atoms with Crippen LogP contribution in [0.1, 0.15) is 24.2 Å². The fourth-order valence-electron chi connectivity index (χ4n) is 0.899. The fourth-order valence-corrected chi connectivity index (χ4v) is 0.899. The van der Waals surface area contributed by atoms with Crippen LogP contribution < -0.4 is 10.2 Å². The number of nitrogens with one attached hydrogen (secondary N) is 1. The third-order valence-corrected chi connectivity index (χ3v) is 1.58. The predicted octanol–water partition coefficient (Wildman–Crippen LogP) is 0.692. The van der Waals surface area contributed by atoms with Crippen LogP contribution in [-0.2, 0) is 0 Å². The molecule has 5 nitrogen and oxygen atoms in total. The van der Waals surface area contributed by atoms with Crippen LogP contribution in [0.3, 0.4) is 0 Å². The molecule has 1 N–H and O–H groups in total. The Kier molecular flexibility index (Phi) is 3.79. The highest BCUT2D eigenvalue weighted by molar-refractivity contribution is 5.93. The third-order valence-electron chi connectivity index (χ3n) is 1.58. The molecule has 0 radical (unpaired) electrons. The summed E-state index contributed by atoms with van der Waals surface area (Å²) in [6.45, 7) is 3.90. The molecule has 0 saturated carbocycles. The number of hydrogen-bond acceptors (Lipinski definition) is 3. The SMILES string of the molecule is CC(C)/C=N\NC(=O)c1ccc[n+]([O-])c1. The minimum Gasteiger partial charge on any atom is -0.619 e. The first kappa shape index (κ1) is 11.2. The minimum atomic E-state index is -0.392. The molecular weight excluding hydrogens is 194 g/mol. The Labute approximate surface area is 88.0 Å². The molecule has 80 valence electrons. The maximum atomic E-state index is 11.4. The van der Waals surface area contributed by atoms with E-state index in [1.165, 1.54) is 18.5 Å². The first-order chi connectivity index (χ1) is 7.09. The van der Waals surface area contributed by atoms with Gasteiger partial charge in [-0.15, -0.1) is 0 Å². The summed E-state index contributed by atoms with van der Waals surface area (Å²) >= 11 is 0. The number of aromatic nitrogens is 1. The Morgan fingerprint density at radius 3 is 3.00 bits per heavy atom. The van der Waals surface area contributed by atoms with Crippen LogP contribution in [0.25, 0.3) is 0 Å². The number of rotatable bonds is 3. The lowest BCUT2D eigenvalue weighted by atomic mass is 10.2. The highest BCUT2D eigenvalue weighted by atomic mass is 16.5. The topological polar surface area (TPSA) is 68.4 Å². The van der Waals surface area contributed by atoms with Crippen molar-refractivity contribution in [2.45, 2.75) is 13.8 Å². The van der Waals surface area contributed by atoms with Crippen LogP contribution >= 0.6 is 0 Å². The summed E-state index contributed by atoms with van der Waals surface area (Å²) in [6.07, 6.45) is 4.13. The Balaban J connectivity index is 2.62. The first-order valence-electron chi connectivity index (χ1n) is 4.62. The van der Waals surface area contributed by atoms with Gasteiger partial charge in [0.15, 0.2) is 12.4 Å². The molecule has 0 fully saturated rings. The second-order valence-corrected chi connectivity index (χ2v) is 3.42. The van der Waals surface area contributed by atoms with Gasteiger partial charge in [0.2, 0.25) is 0 Å². The maximum Gasteiger partial charge on any atom is 0.277 e. The molecule has 1 heterocycles. The number of nitrogens with zero attached hydrogens (tertiary/aromatic N) is 2. The summed E-state index contributed by atoms with van der Waals surface area (Å²) in [5, 5.41) is 14.6. The molecule has 1 aromatic rings. The van der Waals surface area contributed by atoms with Crippen LogP contribution in [0.2, 0.25) is 0 Å². The van der Waals surface area contributed by atoms with Crippen molar-refractivity contribution >= 4 is 12.1 Å². The monoisotopic (exact) mass is 207 g/mol. The van der Waals surface area contributed by atoms with Crippen molar-refractivity contribution in [2.75, 3.05) is 0 Å². The molecule has 5 heteroatoms. The van der Waals surface area contributed by atoms with E-state index in [1.807, 2.05) is 13.8 Å². The van der Waals surface area contributed by atoms with Gasteiger partial charge >= 0.3 is 0 Å². The van der Waals surface area contributed by atoms with Gasteiger partial charge in [0, 0.05) is 12.3 Å². The van der Waals surface area contributed by atoms with Gasteiger partial charge in [0.1, 0.15) is 5.56 Å². The lowest BCUT2D eigenvalue weighted by molar-refractivity contribution is -0.605. The molecule has 0 unspecified atom stereocenters. The highest BCUT2D eigenvalue weighted by Gasteiger charge is 2.06. The number of carbonyl (C=O) groups is 1. The molecule has 0 spiro atoms. The average molecular weight is 207 g/mol. The molecule has 0 bridgehead atoms. The molecule has 15 heavy (non-hydrogen) atoms. The quantitative estimate of drug-likeness (QED) is 0.343. The van der Waals surface area contributed by atoms with Crippen LogP contribution in [0.5, 0.6) is 0 Å². The predicted molar refractivity (Wildman–Crippen MR) is 56.2 cm³/mol. The molecule has 0 aliphatic heterocycles. The lowest BCUT2D eigenvalue weighted by Gasteiger charge is -2.00. The number of pyridine rings is 1. The van der Waals surface area contributed by atoms with Crippen molar-refractivity contribution in [3.63, 3.8) is 0 Å². The van der Waals surface area contributed by atoms with E-state index in [9.17, 15) is 10.0 Å². The van der Waals surface area contributed by atoms with E-state index in [-0.39, 0.29) is 11.5 Å². The van der Waals surface area contributed by atoms with E-state index in [2.05, 4.69) is 10.5 Å². The summed E-state index contributed by atoms with van der Waals surface area (Å²) in [6, 6.07) is 3.06.